The van der Waals surface area contributed by atoms with Gasteiger partial charge in [0.1, 0.15) is 11.6 Å². The van der Waals surface area contributed by atoms with E-state index in [1.807, 2.05) is 42.5 Å². The Morgan fingerprint density at radius 3 is 2.60 bits per heavy atom. The molecule has 0 saturated carbocycles. The predicted octanol–water partition coefficient (Wildman–Crippen LogP) is 2.70. The molecule has 3 N–H and O–H groups in total. The molecule has 3 rings (SSSR count). The van der Waals surface area contributed by atoms with Crippen molar-refractivity contribution in [2.24, 2.45) is 0 Å². The van der Waals surface area contributed by atoms with E-state index in [1.54, 1.807) is 7.11 Å². The summed E-state index contributed by atoms with van der Waals surface area (Å²) in [6, 6.07) is 15.8. The van der Waals surface area contributed by atoms with Gasteiger partial charge in [0.25, 0.3) is 0 Å². The summed E-state index contributed by atoms with van der Waals surface area (Å²) >= 11 is 0. The summed E-state index contributed by atoms with van der Waals surface area (Å²) in [5.74, 6) is 2.17. The largest absolute Gasteiger partial charge is 0.496 e. The molecule has 0 aliphatic rings. The zero-order chi connectivity index (χ0) is 17.5. The second kappa shape index (κ2) is 8.30. The fourth-order valence-corrected chi connectivity index (χ4v) is 2.68. The van der Waals surface area contributed by atoms with Crippen molar-refractivity contribution in [1.29, 1.82) is 0 Å². The van der Waals surface area contributed by atoms with Gasteiger partial charge in [0, 0.05) is 18.5 Å². The maximum absolute atomic E-state index is 9.05. The molecule has 6 heteroatoms. The minimum absolute atomic E-state index is 0.0505. The summed E-state index contributed by atoms with van der Waals surface area (Å²) in [5, 5.41) is 16.4. The highest BCUT2D eigenvalue weighted by Gasteiger charge is 2.07. The van der Waals surface area contributed by atoms with Gasteiger partial charge in [-0.15, -0.1) is 0 Å². The van der Waals surface area contributed by atoms with Gasteiger partial charge in [-0.05, 0) is 30.2 Å². The van der Waals surface area contributed by atoms with E-state index in [0.717, 1.165) is 34.5 Å². The van der Waals surface area contributed by atoms with Gasteiger partial charge in [0.2, 0.25) is 5.95 Å². The van der Waals surface area contributed by atoms with E-state index in [1.165, 1.54) is 0 Å². The number of aliphatic hydroxyl groups excluding tert-OH is 1. The summed E-state index contributed by atoms with van der Waals surface area (Å²) in [7, 11) is 1.68. The molecule has 0 amide bonds. The van der Waals surface area contributed by atoms with E-state index in [0.29, 0.717) is 19.0 Å². The topological polar surface area (TPSA) is 79.3 Å². The van der Waals surface area contributed by atoms with E-state index < -0.39 is 0 Å². The summed E-state index contributed by atoms with van der Waals surface area (Å²) in [6.07, 6.45) is 0.805. The number of fused-ring (bicyclic) bond motifs is 1. The van der Waals surface area contributed by atoms with Crippen molar-refractivity contribution in [2.75, 3.05) is 37.4 Å². The third kappa shape index (κ3) is 4.16. The van der Waals surface area contributed by atoms with E-state index in [-0.39, 0.29) is 6.61 Å². The van der Waals surface area contributed by atoms with E-state index in [9.17, 15) is 0 Å². The number of aromatic nitrogens is 2. The van der Waals surface area contributed by atoms with Gasteiger partial charge in [0.05, 0.1) is 19.2 Å². The van der Waals surface area contributed by atoms with Crippen LogP contribution in [0, 0.1) is 0 Å². The molecular weight excluding hydrogens is 316 g/mol. The van der Waals surface area contributed by atoms with Gasteiger partial charge in [-0.3, -0.25) is 0 Å². The molecule has 0 saturated heterocycles. The number of benzene rings is 2. The Morgan fingerprint density at radius 2 is 1.76 bits per heavy atom. The number of hydrogen-bond acceptors (Lipinski definition) is 6. The first-order chi connectivity index (χ1) is 12.3. The Labute approximate surface area is 146 Å². The third-order valence-electron chi connectivity index (χ3n) is 3.88. The number of hydrogen-bond donors (Lipinski definition) is 3. The molecule has 6 nitrogen and oxygen atoms in total. The van der Waals surface area contributed by atoms with E-state index in [4.69, 9.17) is 9.84 Å². The molecule has 25 heavy (non-hydrogen) atoms. The number of para-hydroxylation sites is 2. The van der Waals surface area contributed by atoms with Crippen LogP contribution in [0.1, 0.15) is 5.56 Å². The van der Waals surface area contributed by atoms with Crippen molar-refractivity contribution in [3.8, 4) is 5.75 Å². The monoisotopic (exact) mass is 338 g/mol. The minimum atomic E-state index is 0.0505. The van der Waals surface area contributed by atoms with Gasteiger partial charge in [-0.1, -0.05) is 30.3 Å². The minimum Gasteiger partial charge on any atom is -0.496 e. The van der Waals surface area contributed by atoms with E-state index in [2.05, 4.69) is 26.7 Å². The smallest absolute Gasteiger partial charge is 0.225 e. The summed E-state index contributed by atoms with van der Waals surface area (Å²) in [6.45, 7) is 1.19. The lowest BCUT2D eigenvalue weighted by Crippen LogP contribution is -2.12. The lowest BCUT2D eigenvalue weighted by molar-refractivity contribution is 0.311. The number of nitrogens with one attached hydrogen (secondary N) is 2. The van der Waals surface area contributed by atoms with Crippen LogP contribution < -0.4 is 15.4 Å². The van der Waals surface area contributed by atoms with Gasteiger partial charge in [0.15, 0.2) is 0 Å². The van der Waals surface area contributed by atoms with Crippen LogP contribution in [0.25, 0.3) is 10.9 Å². The van der Waals surface area contributed by atoms with Crippen molar-refractivity contribution in [3.05, 3.63) is 54.1 Å². The Balaban J connectivity index is 1.74. The average molecular weight is 338 g/mol. The standard InChI is InChI=1S/C19H22N4O2/c1-25-17-9-5-2-6-14(17)10-11-21-19-22-16-8-4-3-7-15(16)18(23-19)20-12-13-24/h2-9,24H,10-13H2,1H3,(H2,20,21,22,23). The molecule has 3 aromatic rings. The normalized spacial score (nSPS) is 10.6. The third-order valence-corrected chi connectivity index (χ3v) is 3.88. The van der Waals surface area contributed by atoms with Crippen LogP contribution in [0.15, 0.2) is 48.5 Å². The molecule has 1 heterocycles. The first-order valence-electron chi connectivity index (χ1n) is 8.29. The Hall–Kier alpha value is -2.86. The lowest BCUT2D eigenvalue weighted by Gasteiger charge is -2.12. The molecule has 2 aromatic carbocycles. The van der Waals surface area contributed by atoms with Crippen LogP contribution in [0.4, 0.5) is 11.8 Å². The summed E-state index contributed by atoms with van der Waals surface area (Å²) in [5.41, 5.74) is 2.00. The molecular formula is C19H22N4O2. The van der Waals surface area contributed by atoms with Crippen molar-refractivity contribution in [1.82, 2.24) is 9.97 Å². The lowest BCUT2D eigenvalue weighted by atomic mass is 10.1. The summed E-state index contributed by atoms with van der Waals surface area (Å²) in [4.78, 5) is 9.10. The highest BCUT2D eigenvalue weighted by molar-refractivity contribution is 5.90. The maximum atomic E-state index is 9.05. The fourth-order valence-electron chi connectivity index (χ4n) is 2.68. The highest BCUT2D eigenvalue weighted by atomic mass is 16.5. The molecule has 0 bridgehead atoms. The van der Waals surface area contributed by atoms with Crippen molar-refractivity contribution >= 4 is 22.7 Å². The number of methoxy groups -OCH3 is 1. The number of rotatable bonds is 8. The van der Waals surface area contributed by atoms with Gasteiger partial charge < -0.3 is 20.5 Å². The fraction of sp³-hybridized carbons (Fsp3) is 0.263. The zero-order valence-corrected chi connectivity index (χ0v) is 14.2. The van der Waals surface area contributed by atoms with Gasteiger partial charge in [-0.25, -0.2) is 4.98 Å². The Kier molecular flexibility index (Phi) is 5.64. The molecule has 0 unspecified atom stereocenters. The first kappa shape index (κ1) is 17.0. The molecule has 1 aromatic heterocycles. The van der Waals surface area contributed by atoms with Crippen LogP contribution in [0.3, 0.4) is 0 Å². The highest BCUT2D eigenvalue weighted by Crippen LogP contribution is 2.22. The van der Waals surface area contributed by atoms with Crippen LogP contribution in [-0.2, 0) is 6.42 Å². The van der Waals surface area contributed by atoms with Gasteiger partial charge >= 0.3 is 0 Å². The van der Waals surface area contributed by atoms with Crippen LogP contribution >= 0.6 is 0 Å². The maximum Gasteiger partial charge on any atom is 0.225 e. The van der Waals surface area contributed by atoms with Crippen LogP contribution in [0.2, 0.25) is 0 Å². The Bertz CT molecular complexity index is 839. The molecule has 0 atom stereocenters. The van der Waals surface area contributed by atoms with Crippen LogP contribution in [0.5, 0.6) is 5.75 Å². The van der Waals surface area contributed by atoms with Crippen molar-refractivity contribution in [2.45, 2.75) is 6.42 Å². The molecule has 0 aliphatic heterocycles. The Morgan fingerprint density at radius 1 is 0.960 bits per heavy atom. The van der Waals surface area contributed by atoms with Gasteiger partial charge in [-0.2, -0.15) is 4.98 Å². The van der Waals surface area contributed by atoms with Crippen molar-refractivity contribution < 1.29 is 9.84 Å². The number of anilines is 2. The molecule has 0 spiro atoms. The first-order valence-corrected chi connectivity index (χ1v) is 8.29. The average Bonchev–Trinajstić information content (AvgIpc) is 2.66. The molecule has 0 radical (unpaired) electrons. The molecule has 0 fully saturated rings. The SMILES string of the molecule is COc1ccccc1CCNc1nc(NCCO)c2ccccc2n1. The van der Waals surface area contributed by atoms with E-state index >= 15 is 0 Å². The molecule has 130 valence electrons. The molecule has 0 aliphatic carbocycles. The number of aliphatic hydroxyl groups is 1. The van der Waals surface area contributed by atoms with Crippen LogP contribution in [-0.4, -0.2) is 41.9 Å². The zero-order valence-electron chi connectivity index (χ0n) is 14.2. The number of nitrogens with zero attached hydrogens (tertiary/aromatic N) is 2. The summed E-state index contributed by atoms with van der Waals surface area (Å²) < 4.78 is 5.38. The predicted molar refractivity (Wildman–Crippen MR) is 100 cm³/mol. The quantitative estimate of drug-likeness (QED) is 0.586. The second-order valence-corrected chi connectivity index (χ2v) is 5.55. The van der Waals surface area contributed by atoms with Crippen molar-refractivity contribution in [3.63, 3.8) is 0 Å². The second-order valence-electron chi connectivity index (χ2n) is 5.55. The number of ether oxygens (including phenoxy) is 1.